The van der Waals surface area contributed by atoms with E-state index in [0.29, 0.717) is 25.2 Å². The zero-order valence-corrected chi connectivity index (χ0v) is 14.9. The largest absolute Gasteiger partial charge is 0.396 e. The summed E-state index contributed by atoms with van der Waals surface area (Å²) in [6, 6.07) is 7.86. The maximum atomic E-state index is 12.8. The Balaban J connectivity index is 2.20. The molecule has 1 heterocycles. The van der Waals surface area contributed by atoms with E-state index in [1.807, 2.05) is 31.2 Å². The molecule has 24 heavy (non-hydrogen) atoms. The summed E-state index contributed by atoms with van der Waals surface area (Å²) in [7, 11) is 0. The molecule has 0 aliphatic heterocycles. The summed E-state index contributed by atoms with van der Waals surface area (Å²) in [4.78, 5) is 14.5. The first-order valence-corrected chi connectivity index (χ1v) is 8.20. The molecule has 0 fully saturated rings. The van der Waals surface area contributed by atoms with Crippen LogP contribution in [0.5, 0.6) is 0 Å². The fourth-order valence-corrected chi connectivity index (χ4v) is 2.51. The predicted molar refractivity (Wildman–Crippen MR) is 93.2 cm³/mol. The number of aromatic nitrogens is 3. The molecule has 6 heteroatoms. The summed E-state index contributed by atoms with van der Waals surface area (Å²) >= 11 is 0. The van der Waals surface area contributed by atoms with E-state index in [4.69, 9.17) is 5.11 Å². The van der Waals surface area contributed by atoms with Gasteiger partial charge in [0.15, 0.2) is 5.69 Å². The van der Waals surface area contributed by atoms with Crippen molar-refractivity contribution in [1.82, 2.24) is 19.9 Å². The minimum Gasteiger partial charge on any atom is -0.396 e. The third-order valence-electron chi connectivity index (χ3n) is 3.52. The van der Waals surface area contributed by atoms with Crippen LogP contribution in [0.2, 0.25) is 0 Å². The van der Waals surface area contributed by atoms with Crippen molar-refractivity contribution in [2.45, 2.75) is 34.1 Å². The maximum absolute atomic E-state index is 12.8. The molecule has 0 radical (unpaired) electrons. The average molecular weight is 330 g/mol. The van der Waals surface area contributed by atoms with Crippen molar-refractivity contribution >= 4 is 5.91 Å². The minimum atomic E-state index is -0.155. The monoisotopic (exact) mass is 330 g/mol. The third-order valence-corrected chi connectivity index (χ3v) is 3.52. The Morgan fingerprint density at radius 1 is 1.33 bits per heavy atom. The molecule has 1 N–H and O–H groups in total. The molecule has 0 atom stereocenters. The number of hydrogen-bond acceptors (Lipinski definition) is 4. The Kier molecular flexibility index (Phi) is 5.72. The van der Waals surface area contributed by atoms with Crippen LogP contribution in [0.3, 0.4) is 0 Å². The Bertz CT molecular complexity index is 688. The second-order valence-electron chi connectivity index (χ2n) is 7.25. The Morgan fingerprint density at radius 3 is 2.71 bits per heavy atom. The molecule has 0 aliphatic rings. The van der Waals surface area contributed by atoms with Crippen LogP contribution in [0.15, 0.2) is 30.5 Å². The van der Waals surface area contributed by atoms with E-state index >= 15 is 0 Å². The Morgan fingerprint density at radius 2 is 2.08 bits per heavy atom. The quantitative estimate of drug-likeness (QED) is 0.883. The van der Waals surface area contributed by atoms with Crippen LogP contribution < -0.4 is 0 Å². The molecule has 1 amide bonds. The lowest BCUT2D eigenvalue weighted by Gasteiger charge is -2.29. The molecule has 1 aromatic carbocycles. The number of aryl methyl sites for hydroxylation is 1. The number of carbonyl (C=O) groups is 1. The molecule has 0 bridgehead atoms. The molecule has 1 aromatic heterocycles. The average Bonchev–Trinajstić information content (AvgIpc) is 2.99. The standard InChI is InChI=1S/C18H26N4O2/c1-14-7-5-8-15(11-14)22-12-16(19-20-22)17(24)21(9-6-10-23)13-18(2,3)4/h5,7-8,11-12,23H,6,9-10,13H2,1-4H3. The highest BCUT2D eigenvalue weighted by Gasteiger charge is 2.24. The highest BCUT2D eigenvalue weighted by Crippen LogP contribution is 2.17. The van der Waals surface area contributed by atoms with Gasteiger partial charge in [0.05, 0.1) is 11.9 Å². The van der Waals surface area contributed by atoms with Crippen molar-refractivity contribution in [2.24, 2.45) is 5.41 Å². The predicted octanol–water partition coefficient (Wildman–Crippen LogP) is 2.45. The van der Waals surface area contributed by atoms with E-state index in [9.17, 15) is 4.79 Å². The van der Waals surface area contributed by atoms with E-state index in [0.717, 1.165) is 11.3 Å². The fourth-order valence-electron chi connectivity index (χ4n) is 2.51. The highest BCUT2D eigenvalue weighted by atomic mass is 16.3. The van der Waals surface area contributed by atoms with Gasteiger partial charge in [-0.1, -0.05) is 38.1 Å². The van der Waals surface area contributed by atoms with Crippen LogP contribution in [0.1, 0.15) is 43.2 Å². The molecule has 0 unspecified atom stereocenters. The summed E-state index contributed by atoms with van der Waals surface area (Å²) in [5.74, 6) is -0.155. The molecule has 2 rings (SSSR count). The van der Waals surface area contributed by atoms with Crippen molar-refractivity contribution in [2.75, 3.05) is 19.7 Å². The van der Waals surface area contributed by atoms with E-state index in [-0.39, 0.29) is 17.9 Å². The van der Waals surface area contributed by atoms with Crippen LogP contribution in [0, 0.1) is 12.3 Å². The number of benzene rings is 1. The molecule has 0 saturated heterocycles. The number of nitrogens with zero attached hydrogens (tertiary/aromatic N) is 4. The van der Waals surface area contributed by atoms with Crippen LogP contribution in [-0.2, 0) is 0 Å². The number of hydrogen-bond donors (Lipinski definition) is 1. The second-order valence-corrected chi connectivity index (χ2v) is 7.25. The third kappa shape index (κ3) is 4.89. The zero-order chi connectivity index (χ0) is 17.7. The van der Waals surface area contributed by atoms with Gasteiger partial charge < -0.3 is 10.0 Å². The van der Waals surface area contributed by atoms with Crippen LogP contribution >= 0.6 is 0 Å². The van der Waals surface area contributed by atoms with Gasteiger partial charge in [0.25, 0.3) is 5.91 Å². The van der Waals surface area contributed by atoms with Gasteiger partial charge in [-0.25, -0.2) is 4.68 Å². The first kappa shape index (κ1) is 18.1. The Hall–Kier alpha value is -2.21. The first-order chi connectivity index (χ1) is 11.3. The van der Waals surface area contributed by atoms with Crippen molar-refractivity contribution in [1.29, 1.82) is 0 Å². The van der Waals surface area contributed by atoms with Gasteiger partial charge in [0, 0.05) is 19.7 Å². The van der Waals surface area contributed by atoms with Crippen LogP contribution in [0.4, 0.5) is 0 Å². The summed E-state index contributed by atoms with van der Waals surface area (Å²) < 4.78 is 1.61. The van der Waals surface area contributed by atoms with Gasteiger partial charge in [0.1, 0.15) is 0 Å². The molecule has 130 valence electrons. The zero-order valence-electron chi connectivity index (χ0n) is 14.9. The lowest BCUT2D eigenvalue weighted by atomic mass is 9.96. The SMILES string of the molecule is Cc1cccc(-n2cc(C(=O)N(CCCO)CC(C)(C)C)nn2)c1. The smallest absolute Gasteiger partial charge is 0.276 e. The lowest BCUT2D eigenvalue weighted by molar-refractivity contribution is 0.0676. The molecule has 2 aromatic rings. The van der Waals surface area contributed by atoms with Crippen LogP contribution in [0.25, 0.3) is 5.69 Å². The topological polar surface area (TPSA) is 71.2 Å². The van der Waals surface area contributed by atoms with Gasteiger partial charge in [-0.15, -0.1) is 5.10 Å². The highest BCUT2D eigenvalue weighted by molar-refractivity contribution is 5.92. The number of carbonyl (C=O) groups excluding carboxylic acids is 1. The van der Waals surface area contributed by atoms with Gasteiger partial charge in [-0.2, -0.15) is 0 Å². The van der Waals surface area contributed by atoms with Crippen molar-refractivity contribution in [3.8, 4) is 5.69 Å². The Labute approximate surface area is 143 Å². The summed E-state index contributed by atoms with van der Waals surface area (Å²) in [6.07, 6.45) is 2.21. The summed E-state index contributed by atoms with van der Waals surface area (Å²) in [5.41, 5.74) is 2.28. The van der Waals surface area contributed by atoms with Crippen molar-refractivity contribution in [3.63, 3.8) is 0 Å². The van der Waals surface area contributed by atoms with Crippen molar-refractivity contribution in [3.05, 3.63) is 41.7 Å². The van der Waals surface area contributed by atoms with Crippen molar-refractivity contribution < 1.29 is 9.90 Å². The van der Waals surface area contributed by atoms with E-state index in [1.165, 1.54) is 0 Å². The molecular weight excluding hydrogens is 304 g/mol. The molecule has 0 saturated carbocycles. The minimum absolute atomic E-state index is 0.0301. The number of aliphatic hydroxyl groups excluding tert-OH is 1. The van der Waals surface area contributed by atoms with Crippen LogP contribution in [-0.4, -0.2) is 50.6 Å². The van der Waals surface area contributed by atoms with E-state index < -0.39 is 0 Å². The molecular formula is C18H26N4O2. The number of amides is 1. The van der Waals surface area contributed by atoms with Gasteiger partial charge >= 0.3 is 0 Å². The van der Waals surface area contributed by atoms with E-state index in [2.05, 4.69) is 31.1 Å². The number of rotatable bonds is 6. The summed E-state index contributed by atoms with van der Waals surface area (Å²) in [5, 5.41) is 17.2. The second kappa shape index (κ2) is 7.57. The van der Waals surface area contributed by atoms with Gasteiger partial charge in [0.2, 0.25) is 0 Å². The lowest BCUT2D eigenvalue weighted by Crippen LogP contribution is -2.39. The van der Waals surface area contributed by atoms with E-state index in [1.54, 1.807) is 15.8 Å². The molecule has 0 aliphatic carbocycles. The van der Waals surface area contributed by atoms with Gasteiger partial charge in [-0.3, -0.25) is 4.79 Å². The molecule has 0 spiro atoms. The van der Waals surface area contributed by atoms with Gasteiger partial charge in [-0.05, 0) is 36.5 Å². The number of aliphatic hydroxyl groups is 1. The summed E-state index contributed by atoms with van der Waals surface area (Å²) in [6.45, 7) is 9.41. The maximum Gasteiger partial charge on any atom is 0.276 e. The first-order valence-electron chi connectivity index (χ1n) is 8.20. The fraction of sp³-hybridized carbons (Fsp3) is 0.500. The normalized spacial score (nSPS) is 11.5. The molecule has 6 nitrogen and oxygen atoms in total.